The van der Waals surface area contributed by atoms with E-state index in [1.54, 1.807) is 12.3 Å². The first-order valence-electron chi connectivity index (χ1n) is 5.51. The Morgan fingerprint density at radius 2 is 2.24 bits per heavy atom. The number of aromatic nitrogens is 2. The third-order valence-electron chi connectivity index (χ3n) is 2.49. The highest BCUT2D eigenvalue weighted by atomic mass is 16.5. The molecule has 0 aromatic carbocycles. The Morgan fingerprint density at radius 1 is 1.47 bits per heavy atom. The van der Waals surface area contributed by atoms with Gasteiger partial charge in [-0.15, -0.1) is 0 Å². The minimum atomic E-state index is -0.143. The fraction of sp³-hybridized carbons (Fsp3) is 0.333. The molecule has 0 aliphatic carbocycles. The van der Waals surface area contributed by atoms with Crippen molar-refractivity contribution in [3.63, 3.8) is 0 Å². The maximum Gasteiger partial charge on any atom is 0.247 e. The Balaban J connectivity index is 2.45. The summed E-state index contributed by atoms with van der Waals surface area (Å²) in [4.78, 5) is 13.6. The summed E-state index contributed by atoms with van der Waals surface area (Å²) in [6, 6.07) is 3.17. The van der Waals surface area contributed by atoms with Crippen LogP contribution in [0.3, 0.4) is 0 Å². The second-order valence-corrected chi connectivity index (χ2v) is 4.41. The minimum Gasteiger partial charge on any atom is -0.367 e. The second kappa shape index (κ2) is 4.45. The average molecular weight is 233 g/mol. The van der Waals surface area contributed by atoms with Gasteiger partial charge in [-0.25, -0.2) is 0 Å². The van der Waals surface area contributed by atoms with Crippen molar-refractivity contribution in [2.75, 3.05) is 5.73 Å². The zero-order valence-corrected chi connectivity index (χ0v) is 9.86. The van der Waals surface area contributed by atoms with Crippen LogP contribution in [0.25, 0.3) is 11.3 Å². The quantitative estimate of drug-likeness (QED) is 0.846. The number of nitrogen functional groups attached to an aromatic ring is 1. The van der Waals surface area contributed by atoms with Crippen molar-refractivity contribution in [1.29, 1.82) is 0 Å². The Labute approximate surface area is 98.6 Å². The molecule has 0 bridgehead atoms. The van der Waals surface area contributed by atoms with Crippen LogP contribution in [0.5, 0.6) is 0 Å². The highest BCUT2D eigenvalue weighted by Crippen LogP contribution is 2.28. The van der Waals surface area contributed by atoms with Crippen molar-refractivity contribution in [1.82, 2.24) is 10.1 Å². The first kappa shape index (κ1) is 11.4. The van der Waals surface area contributed by atoms with Gasteiger partial charge >= 0.3 is 0 Å². The maximum absolute atomic E-state index is 11.0. The molecule has 2 aromatic heterocycles. The molecule has 2 aromatic rings. The number of nitrogens with two attached hydrogens (primary N) is 1. The average Bonchev–Trinajstić information content (AvgIpc) is 2.61. The second-order valence-electron chi connectivity index (χ2n) is 4.41. The number of H-pyrrole nitrogens is 1. The Bertz CT molecular complexity index is 549. The van der Waals surface area contributed by atoms with Gasteiger partial charge < -0.3 is 15.2 Å². The van der Waals surface area contributed by atoms with Crippen LogP contribution in [-0.4, -0.2) is 10.1 Å². The minimum absolute atomic E-state index is 0.143. The third kappa shape index (κ3) is 2.38. The van der Waals surface area contributed by atoms with Crippen LogP contribution in [0.1, 0.15) is 19.4 Å². The molecule has 5 nitrogen and oxygen atoms in total. The van der Waals surface area contributed by atoms with Crippen LogP contribution < -0.4 is 11.3 Å². The van der Waals surface area contributed by atoms with Crippen molar-refractivity contribution in [2.45, 2.75) is 20.3 Å². The molecule has 2 rings (SSSR count). The zero-order valence-electron chi connectivity index (χ0n) is 9.86. The van der Waals surface area contributed by atoms with Crippen molar-refractivity contribution in [3.8, 4) is 11.3 Å². The van der Waals surface area contributed by atoms with E-state index in [0.717, 1.165) is 17.5 Å². The smallest absolute Gasteiger partial charge is 0.247 e. The van der Waals surface area contributed by atoms with Crippen LogP contribution in [0.15, 0.2) is 27.6 Å². The van der Waals surface area contributed by atoms with Crippen LogP contribution in [0.4, 0.5) is 5.88 Å². The number of nitrogens with one attached hydrogen (secondary N) is 1. The zero-order chi connectivity index (χ0) is 12.4. The summed E-state index contributed by atoms with van der Waals surface area (Å²) < 4.78 is 5.02. The Kier molecular flexibility index (Phi) is 2.99. The predicted octanol–water partition coefficient (Wildman–Crippen LogP) is 1.81. The normalized spacial score (nSPS) is 11.0. The summed E-state index contributed by atoms with van der Waals surface area (Å²) in [5.41, 5.74) is 8.02. The van der Waals surface area contributed by atoms with Gasteiger partial charge in [-0.3, -0.25) is 4.79 Å². The Hall–Kier alpha value is -2.04. The standard InChI is InChI=1S/C12H15N3O2/c1-7(2)5-9-11(15-17-12(9)13)8-3-4-10(16)14-6-8/h3-4,6-7H,5,13H2,1-2H3,(H,14,16). The summed E-state index contributed by atoms with van der Waals surface area (Å²) in [5, 5.41) is 3.95. The number of aromatic amines is 1. The molecule has 0 atom stereocenters. The van der Waals surface area contributed by atoms with Gasteiger partial charge in [0.1, 0.15) is 5.69 Å². The van der Waals surface area contributed by atoms with Crippen LogP contribution >= 0.6 is 0 Å². The molecule has 0 spiro atoms. The first-order valence-corrected chi connectivity index (χ1v) is 5.51. The van der Waals surface area contributed by atoms with Gasteiger partial charge in [0.2, 0.25) is 11.4 Å². The van der Waals surface area contributed by atoms with Crippen LogP contribution in [0.2, 0.25) is 0 Å². The van der Waals surface area contributed by atoms with E-state index in [2.05, 4.69) is 24.0 Å². The summed E-state index contributed by atoms with van der Waals surface area (Å²) in [6.07, 6.45) is 2.41. The maximum atomic E-state index is 11.0. The lowest BCUT2D eigenvalue weighted by molar-refractivity contribution is 0.438. The number of anilines is 1. The lowest BCUT2D eigenvalue weighted by Crippen LogP contribution is -2.03. The van der Waals surface area contributed by atoms with Crippen LogP contribution in [-0.2, 0) is 6.42 Å². The Morgan fingerprint density at radius 3 is 2.82 bits per heavy atom. The molecule has 2 heterocycles. The molecule has 0 unspecified atom stereocenters. The molecule has 0 radical (unpaired) electrons. The lowest BCUT2D eigenvalue weighted by Gasteiger charge is -2.04. The van der Waals surface area contributed by atoms with Crippen LogP contribution in [0, 0.1) is 5.92 Å². The first-order chi connectivity index (χ1) is 8.08. The molecule has 17 heavy (non-hydrogen) atoms. The van der Waals surface area contributed by atoms with E-state index in [1.807, 2.05) is 0 Å². The highest BCUT2D eigenvalue weighted by molar-refractivity contribution is 5.66. The summed E-state index contributed by atoms with van der Waals surface area (Å²) in [5.74, 6) is 0.804. The van der Waals surface area contributed by atoms with Gasteiger partial charge in [-0.05, 0) is 18.4 Å². The summed E-state index contributed by atoms with van der Waals surface area (Å²) in [7, 11) is 0. The van der Waals surface area contributed by atoms with Gasteiger partial charge in [0.25, 0.3) is 0 Å². The van der Waals surface area contributed by atoms with Crippen molar-refractivity contribution in [2.24, 2.45) is 5.92 Å². The van der Waals surface area contributed by atoms with Gasteiger partial charge in [-0.1, -0.05) is 19.0 Å². The topological polar surface area (TPSA) is 84.9 Å². The number of hydrogen-bond donors (Lipinski definition) is 2. The number of pyridine rings is 1. The van der Waals surface area contributed by atoms with E-state index in [-0.39, 0.29) is 5.56 Å². The highest BCUT2D eigenvalue weighted by Gasteiger charge is 2.16. The SMILES string of the molecule is CC(C)Cc1c(-c2ccc(=O)[nH]c2)noc1N. The molecule has 0 aliphatic rings. The van der Waals surface area contributed by atoms with Crippen molar-refractivity contribution < 1.29 is 4.52 Å². The summed E-state index contributed by atoms with van der Waals surface area (Å²) >= 11 is 0. The molecule has 90 valence electrons. The molecule has 5 heteroatoms. The van der Waals surface area contributed by atoms with E-state index in [1.165, 1.54) is 6.07 Å². The fourth-order valence-corrected chi connectivity index (χ4v) is 1.71. The van der Waals surface area contributed by atoms with Crippen molar-refractivity contribution >= 4 is 5.88 Å². The molecule has 0 amide bonds. The molecule has 0 aliphatic heterocycles. The fourth-order valence-electron chi connectivity index (χ4n) is 1.71. The predicted molar refractivity (Wildman–Crippen MR) is 65.5 cm³/mol. The number of rotatable bonds is 3. The largest absolute Gasteiger partial charge is 0.367 e. The molecular weight excluding hydrogens is 218 g/mol. The molecule has 0 saturated carbocycles. The van der Waals surface area contributed by atoms with E-state index < -0.39 is 0 Å². The van der Waals surface area contributed by atoms with Crippen molar-refractivity contribution in [3.05, 3.63) is 34.2 Å². The van der Waals surface area contributed by atoms with Gasteiger partial charge in [0, 0.05) is 23.4 Å². The molecule has 0 saturated heterocycles. The number of nitrogens with zero attached hydrogens (tertiary/aromatic N) is 1. The summed E-state index contributed by atoms with van der Waals surface area (Å²) in [6.45, 7) is 4.20. The molecule has 0 fully saturated rings. The van der Waals surface area contributed by atoms with Gasteiger partial charge in [0.15, 0.2) is 0 Å². The van der Waals surface area contributed by atoms with E-state index in [9.17, 15) is 4.79 Å². The molecular formula is C12H15N3O2. The third-order valence-corrected chi connectivity index (χ3v) is 2.49. The van der Waals surface area contributed by atoms with Gasteiger partial charge in [0.05, 0.1) is 0 Å². The van der Waals surface area contributed by atoms with E-state index >= 15 is 0 Å². The van der Waals surface area contributed by atoms with Gasteiger partial charge in [-0.2, -0.15) is 0 Å². The molecule has 3 N–H and O–H groups in total. The lowest BCUT2D eigenvalue weighted by atomic mass is 10.0. The van der Waals surface area contributed by atoms with E-state index in [0.29, 0.717) is 17.5 Å². The monoisotopic (exact) mass is 233 g/mol. The van der Waals surface area contributed by atoms with E-state index in [4.69, 9.17) is 10.3 Å². The number of hydrogen-bond acceptors (Lipinski definition) is 4.